The number of carbonyl (C=O) groups is 1. The van der Waals surface area contributed by atoms with Gasteiger partial charge in [-0.1, -0.05) is 258 Å². The maximum Gasteiger partial charge on any atom is 0.338 e. The summed E-state index contributed by atoms with van der Waals surface area (Å²) in [6.07, 6.45) is -6.18. The average molecular weight is 1220 g/mol. The highest BCUT2D eigenvalue weighted by atomic mass is 28.4. The molecule has 0 amide bonds. The van der Waals surface area contributed by atoms with Crippen LogP contribution in [0.1, 0.15) is 91.1 Å². The Kier molecular flexibility index (Phi) is 20.5. The van der Waals surface area contributed by atoms with Crippen molar-refractivity contribution in [2.75, 3.05) is 6.61 Å². The average Bonchev–Trinajstić information content (AvgIpc) is 1.84. The largest absolute Gasteiger partial charge is 0.450 e. The molecule has 12 rings (SSSR count). The van der Waals surface area contributed by atoms with E-state index in [1.807, 2.05) is 170 Å². The Balaban J connectivity index is 1.01. The summed E-state index contributed by atoms with van der Waals surface area (Å²) in [5, 5.41) is 1.80. The van der Waals surface area contributed by atoms with Gasteiger partial charge in [0.1, 0.15) is 54.9 Å². The lowest BCUT2D eigenvalue weighted by molar-refractivity contribution is -0.348. The van der Waals surface area contributed by atoms with Crippen molar-refractivity contribution in [1.29, 1.82) is 0 Å². The van der Waals surface area contributed by atoms with E-state index in [1.54, 1.807) is 12.1 Å². The summed E-state index contributed by atoms with van der Waals surface area (Å²) < 4.78 is 81.7. The van der Waals surface area contributed by atoms with E-state index in [9.17, 15) is 0 Å². The third-order valence-corrected chi connectivity index (χ3v) is 22.7. The van der Waals surface area contributed by atoms with Gasteiger partial charge in [0, 0.05) is 12.8 Å². The molecular formula is C76H82O12Si. The lowest BCUT2D eigenvalue weighted by Crippen LogP contribution is -2.70. The van der Waals surface area contributed by atoms with Crippen LogP contribution in [0.2, 0.25) is 5.04 Å². The van der Waals surface area contributed by atoms with Gasteiger partial charge >= 0.3 is 5.97 Å². The van der Waals surface area contributed by atoms with Gasteiger partial charge in [-0.15, -0.1) is 0 Å². The molecule has 462 valence electrons. The molecule has 13 heteroatoms. The molecule has 8 aromatic rings. The number of ether oxygens (including phenoxy) is 10. The first kappa shape index (κ1) is 62.2. The molecule has 89 heavy (non-hydrogen) atoms. The van der Waals surface area contributed by atoms with Crippen LogP contribution in [0, 0.1) is 0 Å². The van der Waals surface area contributed by atoms with Crippen LogP contribution in [0.4, 0.5) is 0 Å². The van der Waals surface area contributed by atoms with Crippen molar-refractivity contribution in [1.82, 2.24) is 0 Å². The smallest absolute Gasteiger partial charge is 0.338 e. The Morgan fingerprint density at radius 2 is 0.775 bits per heavy atom. The van der Waals surface area contributed by atoms with E-state index in [1.165, 1.54) is 0 Å². The summed E-state index contributed by atoms with van der Waals surface area (Å²) in [4.78, 5) is 15.1. The van der Waals surface area contributed by atoms with Crippen LogP contribution in [-0.2, 0) is 84.8 Å². The van der Waals surface area contributed by atoms with Gasteiger partial charge in [0.2, 0.25) is 0 Å². The van der Waals surface area contributed by atoms with Gasteiger partial charge in [-0.2, -0.15) is 0 Å². The highest BCUT2D eigenvalue weighted by Crippen LogP contribution is 2.49. The van der Waals surface area contributed by atoms with E-state index < -0.39 is 92.4 Å². The molecule has 11 atom stereocenters. The second kappa shape index (κ2) is 29.3. The summed E-state index contributed by atoms with van der Waals surface area (Å²) in [6, 6.07) is 80.4. The highest BCUT2D eigenvalue weighted by Gasteiger charge is 2.64. The van der Waals surface area contributed by atoms with E-state index >= 15 is 4.79 Å². The summed E-state index contributed by atoms with van der Waals surface area (Å²) in [5.74, 6) is -1.54. The van der Waals surface area contributed by atoms with Crippen LogP contribution >= 0.6 is 0 Å². The Labute approximate surface area is 525 Å². The number of esters is 1. The topological polar surface area (TPSA) is 119 Å². The van der Waals surface area contributed by atoms with Crippen LogP contribution in [-0.4, -0.2) is 94.0 Å². The first-order chi connectivity index (χ1) is 43.6. The van der Waals surface area contributed by atoms with Gasteiger partial charge in [0.15, 0.2) is 18.2 Å². The van der Waals surface area contributed by atoms with E-state index in [0.29, 0.717) is 18.4 Å². The van der Waals surface area contributed by atoms with Crippen LogP contribution in [0.3, 0.4) is 0 Å². The number of rotatable bonds is 24. The minimum Gasteiger partial charge on any atom is -0.450 e. The van der Waals surface area contributed by atoms with Gasteiger partial charge in [0.25, 0.3) is 8.32 Å². The molecule has 2 saturated carbocycles. The van der Waals surface area contributed by atoms with E-state index in [0.717, 1.165) is 57.5 Å². The molecule has 2 aliphatic heterocycles. The van der Waals surface area contributed by atoms with Gasteiger partial charge < -0.3 is 51.8 Å². The van der Waals surface area contributed by atoms with Crippen molar-refractivity contribution in [2.45, 2.75) is 164 Å². The molecule has 2 aliphatic carbocycles. The number of benzene rings is 8. The Hall–Kier alpha value is -6.95. The normalized spacial score (nSPS) is 25.0. The lowest BCUT2D eigenvalue weighted by atomic mass is 9.83. The second-order valence-corrected chi connectivity index (χ2v) is 29.1. The van der Waals surface area contributed by atoms with Gasteiger partial charge in [-0.25, -0.2) is 4.79 Å². The zero-order valence-electron chi connectivity index (χ0n) is 51.1. The van der Waals surface area contributed by atoms with Gasteiger partial charge in [-0.3, -0.25) is 0 Å². The predicted octanol–water partition coefficient (Wildman–Crippen LogP) is 13.3. The molecule has 4 aliphatic rings. The Morgan fingerprint density at radius 3 is 1.19 bits per heavy atom. The zero-order chi connectivity index (χ0) is 60.9. The third kappa shape index (κ3) is 14.8. The first-order valence-corrected chi connectivity index (χ1v) is 33.5. The molecule has 0 bridgehead atoms. The monoisotopic (exact) mass is 1210 g/mol. The fraction of sp³-hybridized carbons (Fsp3) is 0.355. The van der Waals surface area contributed by atoms with Gasteiger partial charge in [0.05, 0.1) is 45.2 Å². The number of hydrogen-bond donors (Lipinski definition) is 0. The van der Waals surface area contributed by atoms with Crippen LogP contribution < -0.4 is 10.4 Å². The SMILES string of the molecule is CC(C)(C)[Si](OC[C@H]1O[C@@H](O[C@@H]2[C@@H](OCc3ccccc3)[C@H](OCc3ccccc3)[C@@H](OCc3ccccc3)[C@H]3OC4(CCCCC4)O[C@@H]23)[C@H](OC(=O)c2ccccc2)[C@@H](OCc2ccccc2)[C@@H]1OCc1ccccc1)(c1ccccc1)c1ccccc1. The van der Waals surface area contributed by atoms with Crippen molar-refractivity contribution >= 4 is 24.7 Å². The second-order valence-electron chi connectivity index (χ2n) is 24.8. The molecule has 4 fully saturated rings. The molecule has 2 saturated heterocycles. The maximum absolute atomic E-state index is 15.1. The number of carbonyl (C=O) groups excluding carboxylic acids is 1. The molecule has 12 nitrogen and oxygen atoms in total. The zero-order valence-corrected chi connectivity index (χ0v) is 52.1. The predicted molar refractivity (Wildman–Crippen MR) is 343 cm³/mol. The molecule has 1 spiro atoms. The molecule has 0 radical (unpaired) electrons. The number of hydrogen-bond acceptors (Lipinski definition) is 12. The van der Waals surface area contributed by atoms with Crippen LogP contribution in [0.5, 0.6) is 0 Å². The Morgan fingerprint density at radius 1 is 0.427 bits per heavy atom. The molecule has 2 heterocycles. The first-order valence-electron chi connectivity index (χ1n) is 31.6. The number of fused-ring (bicyclic) bond motifs is 1. The fourth-order valence-electron chi connectivity index (χ4n) is 13.3. The van der Waals surface area contributed by atoms with Crippen molar-refractivity contribution in [2.24, 2.45) is 0 Å². The third-order valence-electron chi connectivity index (χ3n) is 17.7. The molecular weight excluding hydrogens is 1130 g/mol. The summed E-state index contributed by atoms with van der Waals surface area (Å²) >= 11 is 0. The van der Waals surface area contributed by atoms with Gasteiger partial charge in [-0.05, 0) is 68.2 Å². The maximum atomic E-state index is 15.1. The van der Waals surface area contributed by atoms with Crippen LogP contribution in [0.15, 0.2) is 243 Å². The van der Waals surface area contributed by atoms with E-state index in [4.69, 9.17) is 51.8 Å². The lowest BCUT2D eigenvalue weighted by Gasteiger charge is -2.51. The molecule has 0 N–H and O–H groups in total. The summed E-state index contributed by atoms with van der Waals surface area (Å²) in [7, 11) is -3.27. The quantitative estimate of drug-likeness (QED) is 0.0423. The molecule has 0 aromatic heterocycles. The van der Waals surface area contributed by atoms with Crippen LogP contribution in [0.25, 0.3) is 0 Å². The van der Waals surface area contributed by atoms with Crippen molar-refractivity contribution < 1.29 is 56.6 Å². The summed E-state index contributed by atoms with van der Waals surface area (Å²) in [5.41, 5.74) is 5.09. The van der Waals surface area contributed by atoms with Crippen molar-refractivity contribution in [3.8, 4) is 0 Å². The summed E-state index contributed by atoms with van der Waals surface area (Å²) in [6.45, 7) is 7.81. The fourth-order valence-corrected chi connectivity index (χ4v) is 17.9. The highest BCUT2D eigenvalue weighted by molar-refractivity contribution is 6.99. The van der Waals surface area contributed by atoms with Crippen molar-refractivity contribution in [3.63, 3.8) is 0 Å². The minimum atomic E-state index is -3.27. The minimum absolute atomic E-state index is 0.0305. The molecule has 8 aromatic carbocycles. The Bertz CT molecular complexity index is 3360. The van der Waals surface area contributed by atoms with Crippen molar-refractivity contribution in [3.05, 3.63) is 276 Å². The molecule has 0 unspecified atom stereocenters. The van der Waals surface area contributed by atoms with E-state index in [-0.39, 0.29) is 39.6 Å². The standard InChI is InChI=1S/C76H82O12Si/c1-75(2,3)89(61-43-25-10-26-44-61,62-45-27-11-28-46-62)83-54-63-64(78-49-55-31-13-4-14-32-55)65(79-50-56-33-15-5-16-34-56)72(85-73(77)60-41-23-9-24-42-60)74(84-63)86-69-67(81-52-58-37-19-7-20-38-58)66(80-51-57-35-17-6-18-36-57)68(82-53-59-39-21-8-22-40-59)70-71(69)88-76(87-70)47-29-12-30-48-76/h4-11,13-28,31-46,63-72,74H,12,29-30,47-54H2,1-3H3/t63-,64-,65+,66+,67+,68-,69-,70-,71+,72-,74+/m1/s1. The van der Waals surface area contributed by atoms with E-state index in [2.05, 4.69) is 81.4 Å².